The Bertz CT molecular complexity index is 1060. The van der Waals surface area contributed by atoms with Gasteiger partial charge in [-0.25, -0.2) is 9.59 Å². The molecule has 0 aromatic heterocycles. The molecular weight excluding hydrogens is 590 g/mol. The molecule has 0 N–H and O–H groups in total. The van der Waals surface area contributed by atoms with Crippen molar-refractivity contribution in [2.24, 2.45) is 11.8 Å². The van der Waals surface area contributed by atoms with Gasteiger partial charge >= 0.3 is 12.2 Å². The summed E-state index contributed by atoms with van der Waals surface area (Å²) in [5.41, 5.74) is -1.32. The highest BCUT2D eigenvalue weighted by Gasteiger charge is 2.63. The Kier molecular flexibility index (Phi) is 11.1. The predicted octanol–water partition coefficient (Wildman–Crippen LogP) is 3.20. The maximum absolute atomic E-state index is 12.7. The summed E-state index contributed by atoms with van der Waals surface area (Å²) in [6.07, 6.45) is -2.36. The van der Waals surface area contributed by atoms with E-state index < -0.39 is 77.2 Å². The summed E-state index contributed by atoms with van der Waals surface area (Å²) in [4.78, 5) is 39.0. The lowest BCUT2D eigenvalue weighted by Gasteiger charge is -2.36. The lowest BCUT2D eigenvalue weighted by Crippen LogP contribution is -2.55. The molecular formula is C29H46F2N2O11. The second kappa shape index (κ2) is 13.5. The Hall–Kier alpha value is -2.43. The number of hydrogen-bond acceptors (Lipinski definition) is 11. The molecule has 0 radical (unpaired) electrons. The van der Waals surface area contributed by atoms with Crippen molar-refractivity contribution >= 4 is 18.5 Å². The van der Waals surface area contributed by atoms with E-state index in [-0.39, 0.29) is 26.3 Å². The molecule has 13 nitrogen and oxygen atoms in total. The summed E-state index contributed by atoms with van der Waals surface area (Å²) in [5.74, 6) is -3.32. The highest BCUT2D eigenvalue weighted by atomic mass is 19.3. The van der Waals surface area contributed by atoms with Gasteiger partial charge in [0.25, 0.3) is 6.08 Å². The quantitative estimate of drug-likeness (QED) is 0.315. The van der Waals surface area contributed by atoms with Crippen molar-refractivity contribution in [3.63, 3.8) is 0 Å². The second-order valence-corrected chi connectivity index (χ2v) is 13.1. The molecule has 0 bridgehead atoms. The fraction of sp³-hybridized carbons (Fsp3) is 0.828. The molecule has 0 aromatic rings. The summed E-state index contributed by atoms with van der Waals surface area (Å²) in [7, 11) is 5.86. The van der Waals surface area contributed by atoms with Crippen molar-refractivity contribution in [2.75, 3.05) is 54.7 Å². The molecule has 252 valence electrons. The van der Waals surface area contributed by atoms with Crippen LogP contribution in [-0.4, -0.2) is 130 Å². The molecule has 4 fully saturated rings. The van der Waals surface area contributed by atoms with Crippen molar-refractivity contribution in [1.82, 2.24) is 9.80 Å². The summed E-state index contributed by atoms with van der Waals surface area (Å²) in [6.45, 7) is 11.1. The van der Waals surface area contributed by atoms with Crippen LogP contribution in [0.3, 0.4) is 0 Å². The smallest absolute Gasteiger partial charge is 0.410 e. The second-order valence-electron chi connectivity index (χ2n) is 13.1. The van der Waals surface area contributed by atoms with Gasteiger partial charge in [-0.2, -0.15) is 8.78 Å². The molecule has 15 heteroatoms. The van der Waals surface area contributed by atoms with Crippen LogP contribution >= 0.6 is 0 Å². The van der Waals surface area contributed by atoms with Gasteiger partial charge in [-0.15, -0.1) is 0 Å². The fourth-order valence-electron chi connectivity index (χ4n) is 6.05. The molecule has 0 aliphatic carbocycles. The standard InChI is InChI=1S/C15H23F2NO5.C14H23NO6/c1-14(2,3)23-13(19)18-7-9(6-10(16)17)11-12(18)15(20-4,21-5)8-22-11;1-13(2,3)21-12(17)15-6-9(7-16)10-11(15)14(18-4,19-5)8-20-10/h6,9,11-12H,7-8H2,1-5H3;7,9-11H,6,8H2,1-5H3/t9-,11-,12+;9-,10+,11-/m10/s1. The van der Waals surface area contributed by atoms with E-state index in [2.05, 4.69) is 0 Å². The van der Waals surface area contributed by atoms with Gasteiger partial charge < -0.3 is 42.7 Å². The average molecular weight is 637 g/mol. The maximum Gasteiger partial charge on any atom is 0.410 e. The van der Waals surface area contributed by atoms with Crippen molar-refractivity contribution in [3.8, 4) is 0 Å². The van der Waals surface area contributed by atoms with Crippen LogP contribution in [0.2, 0.25) is 0 Å². The van der Waals surface area contributed by atoms with E-state index in [9.17, 15) is 23.2 Å². The molecule has 4 rings (SSSR count). The summed E-state index contributed by atoms with van der Waals surface area (Å²) in [6, 6.07) is -1.16. The van der Waals surface area contributed by atoms with Crippen LogP contribution in [0.15, 0.2) is 12.2 Å². The number of ether oxygens (including phenoxy) is 8. The van der Waals surface area contributed by atoms with Crippen LogP contribution in [0, 0.1) is 11.8 Å². The minimum absolute atomic E-state index is 0.0485. The number of carbonyl (C=O) groups excluding carboxylic acids is 3. The number of likely N-dealkylation sites (tertiary alicyclic amines) is 2. The lowest BCUT2D eigenvalue weighted by molar-refractivity contribution is -0.225. The highest BCUT2D eigenvalue weighted by Crippen LogP contribution is 2.43. The van der Waals surface area contributed by atoms with Crippen molar-refractivity contribution in [2.45, 2.75) is 88.6 Å². The Morgan fingerprint density at radius 3 is 1.41 bits per heavy atom. The maximum atomic E-state index is 12.7. The van der Waals surface area contributed by atoms with E-state index in [1.165, 1.54) is 38.2 Å². The first-order valence-electron chi connectivity index (χ1n) is 14.3. The minimum Gasteiger partial charge on any atom is -0.444 e. The Morgan fingerprint density at radius 1 is 0.727 bits per heavy atom. The number of methoxy groups -OCH3 is 4. The van der Waals surface area contributed by atoms with E-state index >= 15 is 0 Å². The summed E-state index contributed by atoms with van der Waals surface area (Å²) in [5, 5.41) is 0. The number of amides is 2. The van der Waals surface area contributed by atoms with E-state index in [1.807, 2.05) is 0 Å². The molecule has 4 heterocycles. The van der Waals surface area contributed by atoms with Gasteiger partial charge in [0.15, 0.2) is 0 Å². The van der Waals surface area contributed by atoms with Gasteiger partial charge in [-0.05, 0) is 47.6 Å². The topological polar surface area (TPSA) is 132 Å². The first-order valence-corrected chi connectivity index (χ1v) is 14.3. The van der Waals surface area contributed by atoms with Crippen molar-refractivity contribution in [1.29, 1.82) is 0 Å². The van der Waals surface area contributed by atoms with E-state index in [1.54, 1.807) is 41.5 Å². The third-order valence-corrected chi connectivity index (χ3v) is 7.96. The molecule has 0 saturated carbocycles. The van der Waals surface area contributed by atoms with Gasteiger partial charge in [0, 0.05) is 47.4 Å². The molecule has 4 saturated heterocycles. The molecule has 0 spiro atoms. The van der Waals surface area contributed by atoms with E-state index in [4.69, 9.17) is 37.9 Å². The van der Waals surface area contributed by atoms with Crippen molar-refractivity contribution < 1.29 is 61.1 Å². The van der Waals surface area contributed by atoms with Gasteiger partial charge in [0.2, 0.25) is 11.6 Å². The molecule has 0 unspecified atom stereocenters. The number of nitrogens with zero attached hydrogens (tertiary/aromatic N) is 2. The normalized spacial score (nSPS) is 30.2. The zero-order valence-corrected chi connectivity index (χ0v) is 27.1. The van der Waals surface area contributed by atoms with Crippen LogP contribution in [0.25, 0.3) is 0 Å². The number of fused-ring (bicyclic) bond motifs is 2. The number of hydrogen-bond donors (Lipinski definition) is 0. The number of aldehydes is 1. The summed E-state index contributed by atoms with van der Waals surface area (Å²) < 4.78 is 69.2. The first-order chi connectivity index (χ1) is 20.4. The highest BCUT2D eigenvalue weighted by molar-refractivity contribution is 5.71. The Balaban J connectivity index is 0.000000241. The molecule has 2 amide bonds. The van der Waals surface area contributed by atoms with Gasteiger partial charge in [-0.3, -0.25) is 9.80 Å². The first kappa shape index (κ1) is 36.0. The van der Waals surface area contributed by atoms with Crippen molar-refractivity contribution in [3.05, 3.63) is 12.2 Å². The number of halogens is 2. The van der Waals surface area contributed by atoms with Crippen LogP contribution in [0.1, 0.15) is 41.5 Å². The van der Waals surface area contributed by atoms with Crippen LogP contribution < -0.4 is 0 Å². The van der Waals surface area contributed by atoms with Crippen LogP contribution in [0.4, 0.5) is 18.4 Å². The lowest BCUT2D eigenvalue weighted by atomic mass is 9.99. The zero-order chi connectivity index (χ0) is 33.3. The monoisotopic (exact) mass is 636 g/mol. The van der Waals surface area contributed by atoms with Crippen LogP contribution in [-0.2, 0) is 42.7 Å². The van der Waals surface area contributed by atoms with Gasteiger partial charge in [-0.1, -0.05) is 0 Å². The predicted molar refractivity (Wildman–Crippen MR) is 150 cm³/mol. The van der Waals surface area contributed by atoms with E-state index in [0.717, 1.165) is 12.4 Å². The average Bonchev–Trinajstić information content (AvgIpc) is 3.67. The fourth-order valence-corrected chi connectivity index (χ4v) is 6.05. The number of carbonyl (C=O) groups is 3. The molecule has 0 aromatic carbocycles. The number of rotatable bonds is 6. The minimum atomic E-state index is -1.81. The SMILES string of the molecule is COC1(OC)CO[C@@H]2[C@H](C=C(F)F)CN(C(=O)OC(C)(C)C)[C@@H]21.COC1(OC)CO[C@@H]2[C@H](C=O)CN(C(=O)OC(C)(C)C)[C@@H]21. The Labute approximate surface area is 256 Å². The third kappa shape index (κ3) is 7.34. The Morgan fingerprint density at radius 2 is 1.09 bits per heavy atom. The molecule has 4 aliphatic heterocycles. The zero-order valence-electron chi connectivity index (χ0n) is 27.1. The summed E-state index contributed by atoms with van der Waals surface area (Å²) >= 11 is 0. The molecule has 44 heavy (non-hydrogen) atoms. The largest absolute Gasteiger partial charge is 0.444 e. The molecule has 6 atom stereocenters. The molecule has 4 aliphatic rings. The van der Waals surface area contributed by atoms with E-state index in [0.29, 0.717) is 0 Å². The van der Waals surface area contributed by atoms with Gasteiger partial charge in [0.05, 0.1) is 18.1 Å². The van der Waals surface area contributed by atoms with Crippen LogP contribution in [0.5, 0.6) is 0 Å². The third-order valence-electron chi connectivity index (χ3n) is 7.96. The van der Waals surface area contributed by atoms with Gasteiger partial charge in [0.1, 0.15) is 42.8 Å².